The zero-order valence-electron chi connectivity index (χ0n) is 17.0. The number of rotatable bonds is 5. The fraction of sp³-hybridized carbons (Fsp3) is 0.364. The molecule has 30 heavy (non-hydrogen) atoms. The molecule has 1 aliphatic rings. The van der Waals surface area contributed by atoms with E-state index in [1.807, 2.05) is 24.3 Å². The molecule has 2 aromatic carbocycles. The molecule has 0 aromatic heterocycles. The van der Waals surface area contributed by atoms with E-state index in [0.717, 1.165) is 36.8 Å². The van der Waals surface area contributed by atoms with Crippen molar-refractivity contribution in [1.82, 2.24) is 10.2 Å². The molecule has 1 heterocycles. The minimum Gasteiger partial charge on any atom is -0.373 e. The summed E-state index contributed by atoms with van der Waals surface area (Å²) in [5, 5.41) is 4.93. The molecule has 2 aromatic rings. The van der Waals surface area contributed by atoms with E-state index >= 15 is 0 Å². The Balaban J connectivity index is 1.58. The first-order chi connectivity index (χ1) is 14.3. The topological polar surface area (TPSA) is 70.7 Å². The standard InChI is InChI=1S/C22H25ClFN3O3/c1-14-11-27(12-15(2)30-14)13-17-6-4-3-5-16(17)10-25-21(28)22(29)26-18-7-8-19(23)20(24)9-18/h3-9,14-15H,10-13H2,1-2H3,(H,25,28)(H,26,29)/t14-,15+. The van der Waals surface area contributed by atoms with Crippen molar-refractivity contribution >= 4 is 29.1 Å². The Labute approximate surface area is 180 Å². The van der Waals surface area contributed by atoms with Crippen molar-refractivity contribution in [2.75, 3.05) is 18.4 Å². The number of carbonyl (C=O) groups excluding carboxylic acids is 2. The quantitative estimate of drug-likeness (QED) is 0.709. The maximum atomic E-state index is 13.5. The van der Waals surface area contributed by atoms with Gasteiger partial charge >= 0.3 is 11.8 Å². The molecule has 0 bridgehead atoms. The molecule has 0 aliphatic carbocycles. The van der Waals surface area contributed by atoms with E-state index in [1.165, 1.54) is 12.1 Å². The first-order valence-corrected chi connectivity index (χ1v) is 10.2. The van der Waals surface area contributed by atoms with E-state index in [1.54, 1.807) is 0 Å². The van der Waals surface area contributed by atoms with Crippen molar-refractivity contribution in [3.8, 4) is 0 Å². The predicted molar refractivity (Wildman–Crippen MR) is 114 cm³/mol. The molecule has 8 heteroatoms. The third kappa shape index (κ3) is 6.01. The average molecular weight is 434 g/mol. The van der Waals surface area contributed by atoms with E-state index in [9.17, 15) is 14.0 Å². The molecule has 1 aliphatic heterocycles. The Hall–Kier alpha value is -2.48. The Morgan fingerprint density at radius 3 is 2.43 bits per heavy atom. The second kappa shape index (κ2) is 10.0. The zero-order valence-corrected chi connectivity index (χ0v) is 17.7. The van der Waals surface area contributed by atoms with Crippen LogP contribution in [-0.4, -0.2) is 42.0 Å². The lowest BCUT2D eigenvalue weighted by atomic mass is 10.1. The molecule has 0 saturated carbocycles. The van der Waals surface area contributed by atoms with Gasteiger partial charge in [-0.3, -0.25) is 14.5 Å². The molecule has 6 nitrogen and oxygen atoms in total. The number of carbonyl (C=O) groups is 2. The lowest BCUT2D eigenvalue weighted by Gasteiger charge is -2.35. The van der Waals surface area contributed by atoms with Crippen LogP contribution in [0.2, 0.25) is 5.02 Å². The van der Waals surface area contributed by atoms with Gasteiger partial charge in [-0.25, -0.2) is 4.39 Å². The Bertz CT molecular complexity index is 914. The van der Waals surface area contributed by atoms with Crippen LogP contribution in [0.3, 0.4) is 0 Å². The van der Waals surface area contributed by atoms with E-state index in [0.29, 0.717) is 0 Å². The molecule has 0 radical (unpaired) electrons. The monoisotopic (exact) mass is 433 g/mol. The van der Waals surface area contributed by atoms with Crippen molar-refractivity contribution in [3.63, 3.8) is 0 Å². The minimum absolute atomic E-state index is 0.0573. The summed E-state index contributed by atoms with van der Waals surface area (Å²) >= 11 is 5.62. The molecular formula is C22H25ClFN3O3. The van der Waals surface area contributed by atoms with Gasteiger partial charge in [-0.1, -0.05) is 35.9 Å². The normalized spacial score (nSPS) is 19.3. The lowest BCUT2D eigenvalue weighted by molar-refractivity contribution is -0.136. The summed E-state index contributed by atoms with van der Waals surface area (Å²) < 4.78 is 19.3. The highest BCUT2D eigenvalue weighted by molar-refractivity contribution is 6.39. The number of morpholine rings is 1. The SMILES string of the molecule is C[C@@H]1CN(Cc2ccccc2CNC(=O)C(=O)Nc2ccc(Cl)c(F)c2)C[C@H](C)O1. The highest BCUT2D eigenvalue weighted by Crippen LogP contribution is 2.19. The number of benzene rings is 2. The Kier molecular flexibility index (Phi) is 7.42. The molecule has 2 atom stereocenters. The summed E-state index contributed by atoms with van der Waals surface area (Å²) in [7, 11) is 0. The summed E-state index contributed by atoms with van der Waals surface area (Å²) in [4.78, 5) is 26.6. The van der Waals surface area contributed by atoms with Crippen LogP contribution in [0.25, 0.3) is 0 Å². The summed E-state index contributed by atoms with van der Waals surface area (Å²) in [5.41, 5.74) is 2.18. The highest BCUT2D eigenvalue weighted by Gasteiger charge is 2.23. The number of nitrogens with zero attached hydrogens (tertiary/aromatic N) is 1. The Morgan fingerprint density at radius 2 is 1.77 bits per heavy atom. The second-order valence-electron chi connectivity index (χ2n) is 7.49. The van der Waals surface area contributed by atoms with E-state index in [4.69, 9.17) is 16.3 Å². The number of amides is 2. The highest BCUT2D eigenvalue weighted by atomic mass is 35.5. The first kappa shape index (κ1) is 22.2. The largest absolute Gasteiger partial charge is 0.373 e. The van der Waals surface area contributed by atoms with Crippen molar-refractivity contribution in [1.29, 1.82) is 0 Å². The molecule has 2 N–H and O–H groups in total. The van der Waals surface area contributed by atoms with Gasteiger partial charge in [0.2, 0.25) is 0 Å². The first-order valence-electron chi connectivity index (χ1n) is 9.80. The minimum atomic E-state index is -0.870. The van der Waals surface area contributed by atoms with Gasteiger partial charge in [-0.15, -0.1) is 0 Å². The van der Waals surface area contributed by atoms with Crippen LogP contribution < -0.4 is 10.6 Å². The number of halogens is 2. The van der Waals surface area contributed by atoms with Gasteiger partial charge in [-0.05, 0) is 43.2 Å². The van der Waals surface area contributed by atoms with Gasteiger partial charge in [-0.2, -0.15) is 0 Å². The molecular weight excluding hydrogens is 409 g/mol. The smallest absolute Gasteiger partial charge is 0.313 e. The average Bonchev–Trinajstić information content (AvgIpc) is 2.69. The molecule has 1 fully saturated rings. The maximum Gasteiger partial charge on any atom is 0.313 e. The van der Waals surface area contributed by atoms with Crippen LogP contribution in [-0.2, 0) is 27.4 Å². The van der Waals surface area contributed by atoms with Crippen molar-refractivity contribution in [2.45, 2.75) is 39.1 Å². The number of hydrogen-bond acceptors (Lipinski definition) is 4. The summed E-state index contributed by atoms with van der Waals surface area (Å²) in [6.07, 6.45) is 0.337. The molecule has 160 valence electrons. The molecule has 1 saturated heterocycles. The van der Waals surface area contributed by atoms with Crippen LogP contribution in [0.1, 0.15) is 25.0 Å². The second-order valence-corrected chi connectivity index (χ2v) is 7.89. The van der Waals surface area contributed by atoms with Crippen LogP contribution in [0.4, 0.5) is 10.1 Å². The van der Waals surface area contributed by atoms with Crippen LogP contribution in [0.15, 0.2) is 42.5 Å². The summed E-state index contributed by atoms with van der Waals surface area (Å²) in [6, 6.07) is 11.6. The molecule has 0 spiro atoms. The van der Waals surface area contributed by atoms with E-state index in [-0.39, 0.29) is 29.5 Å². The van der Waals surface area contributed by atoms with E-state index < -0.39 is 17.6 Å². The van der Waals surface area contributed by atoms with E-state index in [2.05, 4.69) is 29.4 Å². The van der Waals surface area contributed by atoms with Gasteiger partial charge in [0.05, 0.1) is 17.2 Å². The van der Waals surface area contributed by atoms with Crippen LogP contribution >= 0.6 is 11.6 Å². The maximum absolute atomic E-state index is 13.5. The lowest BCUT2D eigenvalue weighted by Crippen LogP contribution is -2.45. The number of ether oxygens (including phenoxy) is 1. The molecule has 3 rings (SSSR count). The number of hydrogen-bond donors (Lipinski definition) is 2. The van der Waals surface area contributed by atoms with Crippen molar-refractivity contribution in [3.05, 3.63) is 64.4 Å². The molecule has 0 unspecified atom stereocenters. The Morgan fingerprint density at radius 1 is 1.10 bits per heavy atom. The number of anilines is 1. The number of nitrogens with one attached hydrogen (secondary N) is 2. The van der Waals surface area contributed by atoms with Gasteiger partial charge in [0.15, 0.2) is 0 Å². The summed E-state index contributed by atoms with van der Waals surface area (Å²) in [6.45, 7) is 6.74. The third-order valence-electron chi connectivity index (χ3n) is 4.83. The van der Waals surface area contributed by atoms with Gasteiger partial charge in [0.25, 0.3) is 0 Å². The predicted octanol–water partition coefficient (Wildman–Crippen LogP) is 3.34. The fourth-order valence-electron chi connectivity index (χ4n) is 3.56. The van der Waals surface area contributed by atoms with Gasteiger partial charge in [0, 0.05) is 31.9 Å². The molecule has 2 amide bonds. The third-order valence-corrected chi connectivity index (χ3v) is 5.14. The van der Waals surface area contributed by atoms with Crippen LogP contribution in [0.5, 0.6) is 0 Å². The zero-order chi connectivity index (χ0) is 21.7. The van der Waals surface area contributed by atoms with Crippen LogP contribution in [0, 0.1) is 5.82 Å². The van der Waals surface area contributed by atoms with Gasteiger partial charge < -0.3 is 15.4 Å². The van der Waals surface area contributed by atoms with Gasteiger partial charge in [0.1, 0.15) is 5.82 Å². The van der Waals surface area contributed by atoms with Crippen molar-refractivity contribution in [2.24, 2.45) is 0 Å². The summed E-state index contributed by atoms with van der Waals surface area (Å²) in [5.74, 6) is -2.34. The van der Waals surface area contributed by atoms with Crippen molar-refractivity contribution < 1.29 is 18.7 Å². The fourth-order valence-corrected chi connectivity index (χ4v) is 3.67.